The predicted molar refractivity (Wildman–Crippen MR) is 92.9 cm³/mol. The van der Waals surface area contributed by atoms with Crippen LogP contribution < -0.4 is 4.90 Å². The fraction of sp³-hybridized carbons (Fsp3) is 0.529. The van der Waals surface area contributed by atoms with Crippen molar-refractivity contribution in [1.29, 1.82) is 0 Å². The van der Waals surface area contributed by atoms with Gasteiger partial charge in [-0.25, -0.2) is 4.79 Å². The molecule has 1 aromatic carbocycles. The number of amides is 1. The van der Waals surface area contributed by atoms with Crippen LogP contribution in [-0.2, 0) is 14.3 Å². The summed E-state index contributed by atoms with van der Waals surface area (Å²) in [6.45, 7) is 9.17. The summed E-state index contributed by atoms with van der Waals surface area (Å²) in [5.41, 5.74) is 2.05. The number of carbonyl (C=O) groups is 2. The van der Waals surface area contributed by atoms with E-state index >= 15 is 0 Å². The maximum absolute atomic E-state index is 12.0. The maximum atomic E-state index is 12.0. The van der Waals surface area contributed by atoms with E-state index in [0.717, 1.165) is 22.8 Å². The lowest BCUT2D eigenvalue weighted by Gasteiger charge is -2.31. The number of anilines is 1. The Morgan fingerprint density at radius 2 is 1.96 bits per heavy atom. The van der Waals surface area contributed by atoms with Gasteiger partial charge in [-0.2, -0.15) is 0 Å². The zero-order valence-electron chi connectivity index (χ0n) is 14.4. The first-order valence-corrected chi connectivity index (χ1v) is 8.14. The Morgan fingerprint density at radius 1 is 1.30 bits per heavy atom. The van der Waals surface area contributed by atoms with Crippen molar-refractivity contribution in [1.82, 2.24) is 4.90 Å². The van der Waals surface area contributed by atoms with Crippen LogP contribution in [-0.4, -0.2) is 49.6 Å². The first-order valence-electron chi connectivity index (χ1n) is 7.76. The van der Waals surface area contributed by atoms with Gasteiger partial charge in [0.25, 0.3) is 0 Å². The van der Waals surface area contributed by atoms with Gasteiger partial charge in [-0.1, -0.05) is 11.6 Å². The summed E-state index contributed by atoms with van der Waals surface area (Å²) < 4.78 is 4.76. The van der Waals surface area contributed by atoms with Crippen LogP contribution in [0, 0.1) is 6.92 Å². The number of hydrogen-bond acceptors (Lipinski definition) is 4. The fourth-order valence-electron chi connectivity index (χ4n) is 2.22. The van der Waals surface area contributed by atoms with Crippen molar-refractivity contribution in [2.24, 2.45) is 0 Å². The van der Waals surface area contributed by atoms with Crippen LogP contribution in [0.5, 0.6) is 0 Å². The fourth-order valence-corrected chi connectivity index (χ4v) is 2.34. The second-order valence-corrected chi connectivity index (χ2v) is 5.86. The van der Waals surface area contributed by atoms with Crippen molar-refractivity contribution >= 4 is 29.2 Å². The normalized spacial score (nSPS) is 11.7. The highest BCUT2D eigenvalue weighted by molar-refractivity contribution is 6.32. The number of nitrogens with zero attached hydrogens (tertiary/aromatic N) is 2. The topological polar surface area (TPSA) is 49.9 Å². The van der Waals surface area contributed by atoms with E-state index in [-0.39, 0.29) is 12.6 Å². The molecule has 0 fully saturated rings. The van der Waals surface area contributed by atoms with Crippen LogP contribution in [0.4, 0.5) is 5.69 Å². The number of rotatable bonds is 6. The molecule has 6 heteroatoms. The van der Waals surface area contributed by atoms with Gasteiger partial charge in [0.2, 0.25) is 0 Å². The Balaban J connectivity index is 2.79. The van der Waals surface area contributed by atoms with Crippen molar-refractivity contribution in [2.75, 3.05) is 31.6 Å². The molecule has 0 spiro atoms. The summed E-state index contributed by atoms with van der Waals surface area (Å²) in [5, 5.41) is 0.729. The van der Waals surface area contributed by atoms with Gasteiger partial charge in [0.1, 0.15) is 0 Å². The predicted octanol–water partition coefficient (Wildman–Crippen LogP) is 2.88. The second-order valence-electron chi connectivity index (χ2n) is 5.46. The first-order chi connectivity index (χ1) is 10.8. The molecule has 1 aromatic rings. The SMILES string of the molecule is CCOC(=O)C(=O)N(C)[C@H](C)CN(CC)c1ccc(Cl)c(C)c1. The molecule has 0 aromatic heterocycles. The molecule has 0 aliphatic rings. The van der Waals surface area contributed by atoms with E-state index in [1.165, 1.54) is 4.90 Å². The average Bonchev–Trinajstić information content (AvgIpc) is 2.53. The molecule has 0 N–H and O–H groups in total. The summed E-state index contributed by atoms with van der Waals surface area (Å²) in [5.74, 6) is -1.44. The quantitative estimate of drug-likeness (QED) is 0.590. The molecule has 0 aliphatic heterocycles. The largest absolute Gasteiger partial charge is 0.459 e. The average molecular weight is 341 g/mol. The van der Waals surface area contributed by atoms with Gasteiger partial charge in [0, 0.05) is 36.9 Å². The van der Waals surface area contributed by atoms with Crippen molar-refractivity contribution in [3.8, 4) is 0 Å². The highest BCUT2D eigenvalue weighted by Gasteiger charge is 2.25. The van der Waals surface area contributed by atoms with Crippen molar-refractivity contribution in [2.45, 2.75) is 33.7 Å². The summed E-state index contributed by atoms with van der Waals surface area (Å²) in [6.07, 6.45) is 0. The molecule has 0 saturated heterocycles. The highest BCUT2D eigenvalue weighted by atomic mass is 35.5. The highest BCUT2D eigenvalue weighted by Crippen LogP contribution is 2.23. The van der Waals surface area contributed by atoms with Gasteiger partial charge in [0.05, 0.1) is 6.61 Å². The summed E-state index contributed by atoms with van der Waals surface area (Å²) in [6, 6.07) is 5.71. The van der Waals surface area contributed by atoms with E-state index in [1.807, 2.05) is 39.0 Å². The molecule has 1 rings (SSSR count). The Hall–Kier alpha value is -1.75. The van der Waals surface area contributed by atoms with Gasteiger partial charge in [-0.15, -0.1) is 0 Å². The summed E-state index contributed by atoms with van der Waals surface area (Å²) >= 11 is 6.07. The lowest BCUT2D eigenvalue weighted by atomic mass is 10.2. The number of halogens is 1. The van der Waals surface area contributed by atoms with Gasteiger partial charge < -0.3 is 14.5 Å². The Labute approximate surface area is 143 Å². The minimum Gasteiger partial charge on any atom is -0.459 e. The smallest absolute Gasteiger partial charge is 0.397 e. The van der Waals surface area contributed by atoms with E-state index < -0.39 is 11.9 Å². The number of likely N-dealkylation sites (N-methyl/N-ethyl adjacent to an activating group) is 2. The van der Waals surface area contributed by atoms with E-state index in [9.17, 15) is 9.59 Å². The number of esters is 1. The van der Waals surface area contributed by atoms with Crippen LogP contribution in [0.3, 0.4) is 0 Å². The van der Waals surface area contributed by atoms with Crippen LogP contribution in [0.25, 0.3) is 0 Å². The minimum atomic E-state index is -0.813. The Morgan fingerprint density at radius 3 is 2.48 bits per heavy atom. The van der Waals surface area contributed by atoms with Crippen LogP contribution in [0.15, 0.2) is 18.2 Å². The van der Waals surface area contributed by atoms with Gasteiger partial charge in [-0.3, -0.25) is 4.79 Å². The molecule has 23 heavy (non-hydrogen) atoms. The zero-order chi connectivity index (χ0) is 17.6. The molecule has 1 atom stereocenters. The molecular formula is C17H25ClN2O3. The number of ether oxygens (including phenoxy) is 1. The standard InChI is InChI=1S/C17H25ClN2O3/c1-6-20(14-8-9-15(18)12(3)10-14)11-13(4)19(5)16(21)17(22)23-7-2/h8-10,13H,6-7,11H2,1-5H3/t13-/m1/s1. The van der Waals surface area contributed by atoms with Crippen LogP contribution in [0.1, 0.15) is 26.3 Å². The van der Waals surface area contributed by atoms with Crippen molar-refractivity contribution < 1.29 is 14.3 Å². The third-order valence-corrected chi connectivity index (χ3v) is 4.23. The molecule has 5 nitrogen and oxygen atoms in total. The van der Waals surface area contributed by atoms with E-state index in [4.69, 9.17) is 16.3 Å². The van der Waals surface area contributed by atoms with Crippen molar-refractivity contribution in [3.05, 3.63) is 28.8 Å². The maximum Gasteiger partial charge on any atom is 0.397 e. The molecular weight excluding hydrogens is 316 g/mol. The third-order valence-electron chi connectivity index (χ3n) is 3.80. The number of aryl methyl sites for hydroxylation is 1. The molecule has 0 bridgehead atoms. The number of benzene rings is 1. The molecule has 0 unspecified atom stereocenters. The molecule has 128 valence electrons. The Bertz CT molecular complexity index is 563. The third kappa shape index (κ3) is 5.13. The Kier molecular flexibility index (Phi) is 7.36. The minimum absolute atomic E-state index is 0.136. The van der Waals surface area contributed by atoms with E-state index in [0.29, 0.717) is 6.54 Å². The number of carbonyl (C=O) groups excluding carboxylic acids is 2. The van der Waals surface area contributed by atoms with Gasteiger partial charge in [0.15, 0.2) is 0 Å². The first kappa shape index (κ1) is 19.3. The van der Waals surface area contributed by atoms with Gasteiger partial charge in [-0.05, 0) is 51.5 Å². The molecule has 1 amide bonds. The van der Waals surface area contributed by atoms with E-state index in [2.05, 4.69) is 4.90 Å². The van der Waals surface area contributed by atoms with Gasteiger partial charge >= 0.3 is 11.9 Å². The summed E-state index contributed by atoms with van der Waals surface area (Å²) in [7, 11) is 1.62. The lowest BCUT2D eigenvalue weighted by Crippen LogP contribution is -2.46. The molecule has 0 heterocycles. The second kappa shape index (κ2) is 8.77. The monoisotopic (exact) mass is 340 g/mol. The van der Waals surface area contributed by atoms with Crippen molar-refractivity contribution in [3.63, 3.8) is 0 Å². The molecule has 0 aliphatic carbocycles. The van der Waals surface area contributed by atoms with Crippen LogP contribution in [0.2, 0.25) is 5.02 Å². The lowest BCUT2D eigenvalue weighted by molar-refractivity contribution is -0.160. The van der Waals surface area contributed by atoms with Crippen LogP contribution >= 0.6 is 11.6 Å². The summed E-state index contributed by atoms with van der Waals surface area (Å²) in [4.78, 5) is 27.1. The zero-order valence-corrected chi connectivity index (χ0v) is 15.2. The molecule has 0 radical (unpaired) electrons. The molecule has 0 saturated carbocycles. The van der Waals surface area contributed by atoms with E-state index in [1.54, 1.807) is 14.0 Å². The number of hydrogen-bond donors (Lipinski definition) is 0.